The summed E-state index contributed by atoms with van der Waals surface area (Å²) in [7, 11) is -4.02. The summed E-state index contributed by atoms with van der Waals surface area (Å²) >= 11 is 0. The van der Waals surface area contributed by atoms with Crippen LogP contribution in [0.5, 0.6) is 5.75 Å². The molecule has 0 spiro atoms. The van der Waals surface area contributed by atoms with E-state index >= 15 is 0 Å². The Morgan fingerprint density at radius 3 is 2.05 bits per heavy atom. The number of amides is 2. The number of imide groups is 1. The number of hydrogen-bond acceptors (Lipinski definition) is 7. The van der Waals surface area contributed by atoms with Gasteiger partial charge in [0.05, 0.1) is 24.5 Å². The molecule has 0 radical (unpaired) electrons. The lowest BCUT2D eigenvalue weighted by atomic mass is 9.58. The number of hydrogen-bond donors (Lipinski definition) is 2. The molecule has 4 aromatic carbocycles. The van der Waals surface area contributed by atoms with Gasteiger partial charge in [-0.2, -0.15) is 0 Å². The highest BCUT2D eigenvalue weighted by Gasteiger charge is 2.59. The lowest BCUT2D eigenvalue weighted by molar-refractivity contribution is -0.144. The fourth-order valence-electron chi connectivity index (χ4n) is 10.7. The zero-order chi connectivity index (χ0) is 42.0. The predicted molar refractivity (Wildman–Crippen MR) is 241 cm³/mol. The standard InChI is InChI=1S/C50H59BN2O6Si/c1-35(30-36-21-23-40(54)24-22-36)20-25-45-46-38(34-58-60(50(2,3)4,41-16-10-6-11-17-41)42-18-12-7-13-19-42)31-43-47(44(46)32-51(57)59-45)49(56)53(48(43)55)39-26-28-52(29-27-39)33-37-14-8-5-9-15-37/h5-19,21-24,30,39,43-45,47,54,57H,20,25-29,31-34H2,1-4H3/b35-30+/t43-,44+,45-,47-/m1/s1. The quantitative estimate of drug-likeness (QED) is 0.0863. The van der Waals surface area contributed by atoms with E-state index < -0.39 is 33.4 Å². The van der Waals surface area contributed by atoms with Gasteiger partial charge in [-0.1, -0.05) is 136 Å². The van der Waals surface area contributed by atoms with E-state index in [2.05, 4.69) is 111 Å². The molecule has 8 rings (SSSR count). The molecule has 4 aromatic rings. The molecular formula is C50H59BN2O6Si. The number of aromatic hydroxyl groups is 1. The number of carbonyl (C=O) groups excluding carboxylic acids is 2. The predicted octanol–water partition coefficient (Wildman–Crippen LogP) is 7.61. The molecule has 0 unspecified atom stereocenters. The van der Waals surface area contributed by atoms with Crippen molar-refractivity contribution < 1.29 is 28.8 Å². The summed E-state index contributed by atoms with van der Waals surface area (Å²) in [6.45, 7) is 11.7. The molecule has 3 saturated heterocycles. The van der Waals surface area contributed by atoms with Crippen LogP contribution in [0.25, 0.3) is 6.08 Å². The van der Waals surface area contributed by atoms with Crippen molar-refractivity contribution in [1.82, 2.24) is 9.80 Å². The van der Waals surface area contributed by atoms with Crippen LogP contribution in [-0.2, 0) is 25.2 Å². The van der Waals surface area contributed by atoms with Crippen molar-refractivity contribution in [2.75, 3.05) is 19.7 Å². The molecule has 4 atom stereocenters. The van der Waals surface area contributed by atoms with E-state index in [9.17, 15) is 19.7 Å². The van der Waals surface area contributed by atoms with Crippen molar-refractivity contribution >= 4 is 43.7 Å². The van der Waals surface area contributed by atoms with Crippen molar-refractivity contribution in [2.24, 2.45) is 17.8 Å². The van der Waals surface area contributed by atoms with Gasteiger partial charge in [0.2, 0.25) is 11.8 Å². The van der Waals surface area contributed by atoms with Gasteiger partial charge in [0, 0.05) is 25.7 Å². The second-order valence-corrected chi connectivity index (χ2v) is 22.7. The summed E-state index contributed by atoms with van der Waals surface area (Å²) in [5.41, 5.74) is 5.47. The molecule has 0 bridgehead atoms. The summed E-state index contributed by atoms with van der Waals surface area (Å²) in [6.07, 6.45) is 5.16. The molecule has 60 heavy (non-hydrogen) atoms. The van der Waals surface area contributed by atoms with Gasteiger partial charge in [-0.05, 0) is 101 Å². The molecule has 8 nitrogen and oxygen atoms in total. The van der Waals surface area contributed by atoms with Crippen molar-refractivity contribution in [3.63, 3.8) is 0 Å². The van der Waals surface area contributed by atoms with E-state index in [1.165, 1.54) is 15.9 Å². The smallest absolute Gasteiger partial charge is 0.455 e. The fourth-order valence-corrected chi connectivity index (χ4v) is 15.2. The second-order valence-electron chi connectivity index (χ2n) is 18.4. The Labute approximate surface area is 357 Å². The third-order valence-corrected chi connectivity index (χ3v) is 18.5. The molecule has 0 saturated carbocycles. The minimum atomic E-state index is -2.97. The topological polar surface area (TPSA) is 99.5 Å². The molecule has 3 aliphatic heterocycles. The fraction of sp³-hybridized carbons (Fsp3) is 0.400. The van der Waals surface area contributed by atoms with Crippen molar-refractivity contribution in [1.29, 1.82) is 0 Å². The lowest BCUT2D eigenvalue weighted by Crippen LogP contribution is -2.66. The van der Waals surface area contributed by atoms with Crippen LogP contribution < -0.4 is 10.4 Å². The summed E-state index contributed by atoms with van der Waals surface area (Å²) in [5, 5.41) is 23.3. The zero-order valence-corrected chi connectivity index (χ0v) is 36.5. The van der Waals surface area contributed by atoms with Crippen molar-refractivity contribution in [3.05, 3.63) is 143 Å². The molecular weight excluding hydrogens is 763 g/mol. The monoisotopic (exact) mass is 822 g/mol. The molecule has 2 amide bonds. The first kappa shape index (κ1) is 42.1. The summed E-state index contributed by atoms with van der Waals surface area (Å²) in [5.74, 6) is -1.32. The number of carbonyl (C=O) groups is 2. The Balaban J connectivity index is 1.12. The Hall–Kier alpha value is -4.58. The van der Waals surface area contributed by atoms with E-state index in [-0.39, 0.29) is 40.9 Å². The van der Waals surface area contributed by atoms with Gasteiger partial charge in [0.25, 0.3) is 8.32 Å². The number of rotatable bonds is 12. The highest BCUT2D eigenvalue weighted by molar-refractivity contribution is 6.99. The number of likely N-dealkylation sites (tertiary alicyclic amines) is 2. The molecule has 10 heteroatoms. The van der Waals surface area contributed by atoms with Crippen LogP contribution in [0.3, 0.4) is 0 Å². The maximum Gasteiger partial charge on any atom is 0.455 e. The van der Waals surface area contributed by atoms with Crippen LogP contribution in [0.4, 0.5) is 0 Å². The summed E-state index contributed by atoms with van der Waals surface area (Å²) in [6, 6.07) is 38.6. The Kier molecular flexibility index (Phi) is 12.5. The molecule has 3 fully saturated rings. The summed E-state index contributed by atoms with van der Waals surface area (Å²) < 4.78 is 14.0. The minimum Gasteiger partial charge on any atom is -0.508 e. The van der Waals surface area contributed by atoms with E-state index in [0.717, 1.165) is 54.8 Å². The minimum absolute atomic E-state index is 0.0706. The zero-order valence-electron chi connectivity index (χ0n) is 35.5. The highest BCUT2D eigenvalue weighted by Crippen LogP contribution is 2.52. The lowest BCUT2D eigenvalue weighted by Gasteiger charge is -2.46. The SMILES string of the molecule is C/C(=C\c1ccc(O)cc1)CC[C@H]1OB(O)C[C@H]2C1=C(CO[Si](c1ccccc1)(c1ccccc1)C(C)(C)C)C[C@H]1C(=O)N(C3CCN(Cc4ccccc4)CC3)C(=O)[C@H]12. The van der Waals surface area contributed by atoms with Crippen LogP contribution in [0, 0.1) is 17.8 Å². The van der Waals surface area contributed by atoms with Gasteiger partial charge >= 0.3 is 7.12 Å². The Morgan fingerprint density at radius 1 is 0.850 bits per heavy atom. The van der Waals surface area contributed by atoms with E-state index in [1.54, 1.807) is 17.0 Å². The van der Waals surface area contributed by atoms with E-state index in [1.807, 2.05) is 30.3 Å². The number of benzene rings is 4. The van der Waals surface area contributed by atoms with Crippen LogP contribution in [0.2, 0.25) is 11.4 Å². The van der Waals surface area contributed by atoms with Gasteiger partial charge in [-0.3, -0.25) is 19.4 Å². The van der Waals surface area contributed by atoms with E-state index in [0.29, 0.717) is 25.9 Å². The van der Waals surface area contributed by atoms with Gasteiger partial charge < -0.3 is 19.2 Å². The Morgan fingerprint density at radius 2 is 1.45 bits per heavy atom. The molecule has 3 heterocycles. The second kappa shape index (κ2) is 17.8. The third-order valence-electron chi connectivity index (χ3n) is 13.5. The maximum atomic E-state index is 14.8. The van der Waals surface area contributed by atoms with Crippen LogP contribution in [0.1, 0.15) is 70.9 Å². The first-order chi connectivity index (χ1) is 28.9. The van der Waals surface area contributed by atoms with Gasteiger partial charge in [0.15, 0.2) is 0 Å². The van der Waals surface area contributed by atoms with Gasteiger partial charge in [0.1, 0.15) is 5.75 Å². The molecule has 1 aliphatic carbocycles. The average Bonchev–Trinajstić information content (AvgIpc) is 3.50. The van der Waals surface area contributed by atoms with Crippen LogP contribution in [0.15, 0.2) is 132 Å². The largest absolute Gasteiger partial charge is 0.508 e. The van der Waals surface area contributed by atoms with Crippen LogP contribution >= 0.6 is 0 Å². The Bertz CT molecular complexity index is 2140. The molecule has 0 aromatic heterocycles. The maximum absolute atomic E-state index is 14.8. The number of phenols is 1. The number of nitrogens with zero attached hydrogens (tertiary/aromatic N) is 2. The van der Waals surface area contributed by atoms with E-state index in [4.69, 9.17) is 9.08 Å². The normalized spacial score (nSPS) is 23.2. The molecule has 4 aliphatic rings. The molecule has 312 valence electrons. The van der Waals surface area contributed by atoms with Crippen molar-refractivity contribution in [3.8, 4) is 5.75 Å². The molecule has 2 N–H and O–H groups in total. The number of piperidine rings is 1. The number of fused-ring (bicyclic) bond motifs is 3. The number of phenolic OH excluding ortho intramolecular Hbond substituents is 1. The first-order valence-corrected chi connectivity index (χ1v) is 23.7. The van der Waals surface area contributed by atoms with Crippen molar-refractivity contribution in [2.45, 2.75) is 89.8 Å². The summed E-state index contributed by atoms with van der Waals surface area (Å²) in [4.78, 5) is 33.6. The average molecular weight is 823 g/mol. The third kappa shape index (κ3) is 8.50. The highest BCUT2D eigenvalue weighted by atomic mass is 28.4. The first-order valence-electron chi connectivity index (χ1n) is 21.8. The van der Waals surface area contributed by atoms with Gasteiger partial charge in [-0.15, -0.1) is 0 Å². The van der Waals surface area contributed by atoms with Crippen LogP contribution in [-0.4, -0.2) is 79.0 Å². The number of allylic oxidation sites excluding steroid dienone is 1. The van der Waals surface area contributed by atoms with Gasteiger partial charge in [-0.25, -0.2) is 0 Å².